The second kappa shape index (κ2) is 4.71. The van der Waals surface area contributed by atoms with Gasteiger partial charge in [0.2, 0.25) is 0 Å². The Hall–Kier alpha value is -1.28. The zero-order valence-corrected chi connectivity index (χ0v) is 10.1. The van der Waals surface area contributed by atoms with Gasteiger partial charge < -0.3 is 9.47 Å². The Labute approximate surface area is 96.9 Å². The Morgan fingerprint density at radius 1 is 1.50 bits per heavy atom. The minimum absolute atomic E-state index is 0.520. The van der Waals surface area contributed by atoms with Crippen molar-refractivity contribution in [2.24, 2.45) is 0 Å². The topological polar surface area (TPSA) is 18.5 Å². The van der Waals surface area contributed by atoms with Crippen molar-refractivity contribution in [3.8, 4) is 5.75 Å². The van der Waals surface area contributed by atoms with E-state index >= 15 is 0 Å². The van der Waals surface area contributed by atoms with Crippen LogP contribution >= 0.6 is 0 Å². The van der Waals surface area contributed by atoms with Gasteiger partial charge in [-0.1, -0.05) is 25.1 Å². The van der Waals surface area contributed by atoms with Gasteiger partial charge in [-0.25, -0.2) is 0 Å². The van der Waals surface area contributed by atoms with E-state index in [4.69, 9.17) is 9.47 Å². The quantitative estimate of drug-likeness (QED) is 0.776. The molecule has 2 nitrogen and oxygen atoms in total. The number of fused-ring (bicyclic) bond motifs is 1. The Morgan fingerprint density at radius 3 is 3.06 bits per heavy atom. The minimum atomic E-state index is 0.520. The molecule has 86 valence electrons. The fraction of sp³-hybridized carbons (Fsp3) is 0.429. The molecular formula is C14H18O2. The summed E-state index contributed by atoms with van der Waals surface area (Å²) in [5.74, 6) is 1.57. The standard InChI is InChI=1S/C14H18O2/c1-10-7-12(5-4-6-15-3)8-13-14(10)11(2)9-16-13/h4-5,7-8,11H,6,9H2,1-3H3/b5-4+/t11-/m0/s1. The minimum Gasteiger partial charge on any atom is -0.493 e. The van der Waals surface area contributed by atoms with Gasteiger partial charge in [-0.05, 0) is 24.1 Å². The average Bonchev–Trinajstić information content (AvgIpc) is 2.61. The number of hydrogen-bond donors (Lipinski definition) is 0. The van der Waals surface area contributed by atoms with Gasteiger partial charge in [-0.3, -0.25) is 0 Å². The fourth-order valence-corrected chi connectivity index (χ4v) is 2.22. The van der Waals surface area contributed by atoms with Crippen molar-refractivity contribution in [1.29, 1.82) is 0 Å². The highest BCUT2D eigenvalue weighted by atomic mass is 16.5. The van der Waals surface area contributed by atoms with Crippen molar-refractivity contribution in [3.63, 3.8) is 0 Å². The van der Waals surface area contributed by atoms with Gasteiger partial charge in [-0.15, -0.1) is 0 Å². The van der Waals surface area contributed by atoms with E-state index in [0.717, 1.165) is 12.4 Å². The van der Waals surface area contributed by atoms with E-state index in [9.17, 15) is 0 Å². The third-order valence-corrected chi connectivity index (χ3v) is 2.93. The molecule has 0 saturated heterocycles. The second-order valence-corrected chi connectivity index (χ2v) is 4.32. The van der Waals surface area contributed by atoms with Crippen LogP contribution in [0.1, 0.15) is 29.5 Å². The number of ether oxygens (including phenoxy) is 2. The number of benzene rings is 1. The van der Waals surface area contributed by atoms with E-state index in [1.165, 1.54) is 16.7 Å². The molecule has 1 heterocycles. The van der Waals surface area contributed by atoms with Crippen molar-refractivity contribution in [2.45, 2.75) is 19.8 Å². The molecule has 1 aliphatic rings. The number of methoxy groups -OCH3 is 1. The largest absolute Gasteiger partial charge is 0.493 e. The lowest BCUT2D eigenvalue weighted by atomic mass is 9.96. The summed E-state index contributed by atoms with van der Waals surface area (Å²) in [4.78, 5) is 0. The lowest BCUT2D eigenvalue weighted by Gasteiger charge is -2.07. The molecular weight excluding hydrogens is 200 g/mol. The summed E-state index contributed by atoms with van der Waals surface area (Å²) < 4.78 is 10.7. The molecule has 2 rings (SSSR count). The van der Waals surface area contributed by atoms with E-state index in [0.29, 0.717) is 12.5 Å². The van der Waals surface area contributed by atoms with E-state index < -0.39 is 0 Å². The molecule has 0 unspecified atom stereocenters. The normalized spacial score (nSPS) is 18.8. The molecule has 1 aromatic carbocycles. The molecule has 0 fully saturated rings. The highest BCUT2D eigenvalue weighted by Crippen LogP contribution is 2.37. The van der Waals surface area contributed by atoms with Crippen LogP contribution in [0.15, 0.2) is 18.2 Å². The maximum absolute atomic E-state index is 5.67. The first-order valence-corrected chi connectivity index (χ1v) is 5.65. The van der Waals surface area contributed by atoms with Crippen molar-refractivity contribution in [2.75, 3.05) is 20.3 Å². The summed E-state index contributed by atoms with van der Waals surface area (Å²) in [7, 11) is 1.70. The van der Waals surface area contributed by atoms with Crippen LogP contribution in [-0.4, -0.2) is 20.3 Å². The summed E-state index contributed by atoms with van der Waals surface area (Å²) in [5.41, 5.74) is 3.87. The maximum atomic E-state index is 5.67. The smallest absolute Gasteiger partial charge is 0.123 e. The second-order valence-electron chi connectivity index (χ2n) is 4.32. The van der Waals surface area contributed by atoms with Crippen LogP contribution in [-0.2, 0) is 4.74 Å². The molecule has 0 aromatic heterocycles. The molecule has 0 spiro atoms. The number of hydrogen-bond acceptors (Lipinski definition) is 2. The molecule has 16 heavy (non-hydrogen) atoms. The number of aryl methyl sites for hydroxylation is 1. The molecule has 0 N–H and O–H groups in total. The van der Waals surface area contributed by atoms with E-state index in [1.807, 2.05) is 6.08 Å². The Balaban J connectivity index is 2.28. The first-order chi connectivity index (χ1) is 7.72. The summed E-state index contributed by atoms with van der Waals surface area (Å²) in [5, 5.41) is 0. The lowest BCUT2D eigenvalue weighted by molar-refractivity contribution is 0.234. The van der Waals surface area contributed by atoms with Gasteiger partial charge in [-0.2, -0.15) is 0 Å². The highest BCUT2D eigenvalue weighted by molar-refractivity contribution is 5.58. The van der Waals surface area contributed by atoms with Gasteiger partial charge >= 0.3 is 0 Å². The summed E-state index contributed by atoms with van der Waals surface area (Å²) in [6.07, 6.45) is 4.09. The van der Waals surface area contributed by atoms with Gasteiger partial charge in [0.1, 0.15) is 5.75 Å². The van der Waals surface area contributed by atoms with Crippen LogP contribution in [0.25, 0.3) is 6.08 Å². The fourth-order valence-electron chi connectivity index (χ4n) is 2.22. The van der Waals surface area contributed by atoms with Crippen LogP contribution < -0.4 is 4.74 Å². The van der Waals surface area contributed by atoms with Crippen molar-refractivity contribution in [3.05, 3.63) is 34.9 Å². The third-order valence-electron chi connectivity index (χ3n) is 2.93. The van der Waals surface area contributed by atoms with Crippen LogP contribution in [0.2, 0.25) is 0 Å². The van der Waals surface area contributed by atoms with E-state index in [1.54, 1.807) is 7.11 Å². The van der Waals surface area contributed by atoms with Crippen LogP contribution in [0.5, 0.6) is 5.75 Å². The van der Waals surface area contributed by atoms with E-state index in [2.05, 4.69) is 32.1 Å². The summed E-state index contributed by atoms with van der Waals surface area (Å²) in [6, 6.07) is 4.31. The number of rotatable bonds is 3. The molecule has 0 amide bonds. The van der Waals surface area contributed by atoms with Gasteiger partial charge in [0.15, 0.2) is 0 Å². The molecule has 1 aliphatic heterocycles. The first-order valence-electron chi connectivity index (χ1n) is 5.65. The monoisotopic (exact) mass is 218 g/mol. The van der Waals surface area contributed by atoms with Gasteiger partial charge in [0.25, 0.3) is 0 Å². The molecule has 1 aromatic rings. The maximum Gasteiger partial charge on any atom is 0.123 e. The van der Waals surface area contributed by atoms with Crippen molar-refractivity contribution >= 4 is 6.08 Å². The van der Waals surface area contributed by atoms with Gasteiger partial charge in [0, 0.05) is 18.6 Å². The van der Waals surface area contributed by atoms with Crippen LogP contribution in [0, 0.1) is 6.92 Å². The summed E-state index contributed by atoms with van der Waals surface area (Å²) in [6.45, 7) is 5.81. The van der Waals surface area contributed by atoms with Gasteiger partial charge in [0.05, 0.1) is 13.2 Å². The Morgan fingerprint density at radius 2 is 2.31 bits per heavy atom. The third kappa shape index (κ3) is 2.12. The van der Waals surface area contributed by atoms with Crippen molar-refractivity contribution < 1.29 is 9.47 Å². The molecule has 2 heteroatoms. The van der Waals surface area contributed by atoms with E-state index in [-0.39, 0.29) is 0 Å². The van der Waals surface area contributed by atoms with Crippen LogP contribution in [0.3, 0.4) is 0 Å². The molecule has 1 atom stereocenters. The molecule has 0 bridgehead atoms. The van der Waals surface area contributed by atoms with Crippen LogP contribution in [0.4, 0.5) is 0 Å². The summed E-state index contributed by atoms with van der Waals surface area (Å²) >= 11 is 0. The SMILES string of the molecule is COC/C=C/c1cc(C)c2c(c1)OC[C@@H]2C. The Bertz CT molecular complexity index is 407. The zero-order chi connectivity index (χ0) is 11.5. The molecule has 0 aliphatic carbocycles. The first kappa shape index (κ1) is 11.2. The molecule has 0 saturated carbocycles. The highest BCUT2D eigenvalue weighted by Gasteiger charge is 2.22. The average molecular weight is 218 g/mol. The zero-order valence-electron chi connectivity index (χ0n) is 10.1. The predicted molar refractivity (Wildman–Crippen MR) is 66.0 cm³/mol. The molecule has 0 radical (unpaired) electrons. The van der Waals surface area contributed by atoms with Crippen molar-refractivity contribution in [1.82, 2.24) is 0 Å². The predicted octanol–water partition coefficient (Wildman–Crippen LogP) is 3.15. The Kier molecular flexibility index (Phi) is 3.30. The lowest BCUT2D eigenvalue weighted by Crippen LogP contribution is -1.94.